The van der Waals surface area contributed by atoms with Crippen LogP contribution in [0.4, 0.5) is 5.69 Å². The summed E-state index contributed by atoms with van der Waals surface area (Å²) in [6, 6.07) is 11.2. The zero-order valence-electron chi connectivity index (χ0n) is 15.0. The molecule has 2 rings (SSSR count). The predicted octanol–water partition coefficient (Wildman–Crippen LogP) is 6.67. The lowest BCUT2D eigenvalue weighted by atomic mass is 9.95. The number of nitrogen functional groups attached to an aromatic ring is 1. The molecule has 0 unspecified atom stereocenters. The van der Waals surface area contributed by atoms with Gasteiger partial charge >= 0.3 is 0 Å². The van der Waals surface area contributed by atoms with E-state index in [4.69, 9.17) is 5.73 Å². The first-order valence-corrected chi connectivity index (χ1v) is 9.56. The molecule has 0 atom stereocenters. The SMILES string of the molecule is CCCCCCCCc1ccc2c(N)ccc(CCCC)c2c1. The monoisotopic (exact) mass is 311 g/mol. The third-order valence-corrected chi connectivity index (χ3v) is 4.82. The Morgan fingerprint density at radius 1 is 0.696 bits per heavy atom. The quantitative estimate of drug-likeness (QED) is 0.385. The maximum atomic E-state index is 6.17. The van der Waals surface area contributed by atoms with Gasteiger partial charge in [0.15, 0.2) is 0 Å². The average Bonchev–Trinajstić information content (AvgIpc) is 2.57. The third kappa shape index (κ3) is 5.27. The number of benzene rings is 2. The number of anilines is 1. The number of nitrogens with two attached hydrogens (primary N) is 1. The Kier molecular flexibility index (Phi) is 7.45. The summed E-state index contributed by atoms with van der Waals surface area (Å²) in [5.74, 6) is 0. The van der Waals surface area contributed by atoms with E-state index in [1.165, 1.54) is 79.7 Å². The Balaban J connectivity index is 2.04. The van der Waals surface area contributed by atoms with E-state index in [1.807, 2.05) is 0 Å². The van der Waals surface area contributed by atoms with Crippen LogP contribution in [0.15, 0.2) is 30.3 Å². The van der Waals surface area contributed by atoms with Gasteiger partial charge in [-0.25, -0.2) is 0 Å². The second kappa shape index (κ2) is 9.60. The van der Waals surface area contributed by atoms with E-state index in [-0.39, 0.29) is 0 Å². The molecule has 0 spiro atoms. The lowest BCUT2D eigenvalue weighted by Gasteiger charge is -2.11. The fourth-order valence-electron chi connectivity index (χ4n) is 3.33. The van der Waals surface area contributed by atoms with Crippen molar-refractivity contribution >= 4 is 16.5 Å². The molecule has 0 saturated heterocycles. The molecule has 0 bridgehead atoms. The molecule has 126 valence electrons. The Morgan fingerprint density at radius 3 is 2.22 bits per heavy atom. The van der Waals surface area contributed by atoms with E-state index < -0.39 is 0 Å². The van der Waals surface area contributed by atoms with Crippen molar-refractivity contribution in [2.24, 2.45) is 0 Å². The summed E-state index contributed by atoms with van der Waals surface area (Å²) in [5, 5.41) is 2.60. The van der Waals surface area contributed by atoms with Crippen LogP contribution in [0.3, 0.4) is 0 Å². The zero-order valence-corrected chi connectivity index (χ0v) is 15.0. The third-order valence-electron chi connectivity index (χ3n) is 4.82. The smallest absolute Gasteiger partial charge is 0.0393 e. The summed E-state index contributed by atoms with van der Waals surface area (Å²) in [7, 11) is 0. The van der Waals surface area contributed by atoms with Gasteiger partial charge in [-0.15, -0.1) is 0 Å². The predicted molar refractivity (Wildman–Crippen MR) is 104 cm³/mol. The molecule has 0 aliphatic carbocycles. The number of fused-ring (bicyclic) bond motifs is 1. The summed E-state index contributed by atoms with van der Waals surface area (Å²) in [5.41, 5.74) is 10.0. The molecule has 0 aliphatic rings. The van der Waals surface area contributed by atoms with E-state index >= 15 is 0 Å². The van der Waals surface area contributed by atoms with E-state index in [1.54, 1.807) is 0 Å². The van der Waals surface area contributed by atoms with Gasteiger partial charge in [-0.2, -0.15) is 0 Å². The molecule has 0 aliphatic heterocycles. The van der Waals surface area contributed by atoms with Crippen LogP contribution < -0.4 is 5.73 Å². The molecule has 2 aromatic rings. The second-order valence-electron chi connectivity index (χ2n) is 6.82. The van der Waals surface area contributed by atoms with Gasteiger partial charge in [0.05, 0.1) is 0 Å². The van der Waals surface area contributed by atoms with Crippen LogP contribution in [0.5, 0.6) is 0 Å². The number of unbranched alkanes of at least 4 members (excludes halogenated alkanes) is 6. The van der Waals surface area contributed by atoms with Crippen LogP contribution >= 0.6 is 0 Å². The topological polar surface area (TPSA) is 26.0 Å². The Hall–Kier alpha value is -1.50. The lowest BCUT2D eigenvalue weighted by molar-refractivity contribution is 0.607. The zero-order chi connectivity index (χ0) is 16.5. The molecule has 0 fully saturated rings. The highest BCUT2D eigenvalue weighted by Crippen LogP contribution is 2.27. The molecular weight excluding hydrogens is 278 g/mol. The van der Waals surface area contributed by atoms with Gasteiger partial charge in [0.1, 0.15) is 0 Å². The first-order valence-electron chi connectivity index (χ1n) is 9.56. The molecule has 1 nitrogen and oxygen atoms in total. The van der Waals surface area contributed by atoms with Crippen molar-refractivity contribution in [1.29, 1.82) is 0 Å². The summed E-state index contributed by atoms with van der Waals surface area (Å²) in [6.45, 7) is 4.53. The highest BCUT2D eigenvalue weighted by atomic mass is 14.5. The van der Waals surface area contributed by atoms with Crippen molar-refractivity contribution in [2.75, 3.05) is 5.73 Å². The molecule has 0 amide bonds. The summed E-state index contributed by atoms with van der Waals surface area (Å²) in [4.78, 5) is 0. The summed E-state index contributed by atoms with van der Waals surface area (Å²) in [6.07, 6.45) is 13.0. The fourth-order valence-corrected chi connectivity index (χ4v) is 3.33. The van der Waals surface area contributed by atoms with Crippen LogP contribution in [0.25, 0.3) is 10.8 Å². The lowest BCUT2D eigenvalue weighted by Crippen LogP contribution is -1.94. The summed E-state index contributed by atoms with van der Waals surface area (Å²) < 4.78 is 0. The van der Waals surface area contributed by atoms with Gasteiger partial charge in [-0.3, -0.25) is 0 Å². The average molecular weight is 312 g/mol. The molecule has 23 heavy (non-hydrogen) atoms. The van der Waals surface area contributed by atoms with Crippen LogP contribution in [0, 0.1) is 0 Å². The maximum absolute atomic E-state index is 6.17. The van der Waals surface area contributed by atoms with E-state index in [0.717, 1.165) is 12.1 Å². The number of aryl methyl sites for hydroxylation is 2. The number of rotatable bonds is 10. The van der Waals surface area contributed by atoms with Gasteiger partial charge in [0, 0.05) is 11.1 Å². The van der Waals surface area contributed by atoms with E-state index in [0.29, 0.717) is 0 Å². The van der Waals surface area contributed by atoms with Crippen LogP contribution in [0.1, 0.15) is 76.3 Å². The number of hydrogen-bond donors (Lipinski definition) is 1. The normalized spacial score (nSPS) is 11.2. The molecule has 2 aromatic carbocycles. The second-order valence-corrected chi connectivity index (χ2v) is 6.82. The van der Waals surface area contributed by atoms with Gasteiger partial charge in [-0.1, -0.05) is 76.6 Å². The fraction of sp³-hybridized carbons (Fsp3) is 0.545. The van der Waals surface area contributed by atoms with Gasteiger partial charge in [0.25, 0.3) is 0 Å². The summed E-state index contributed by atoms with van der Waals surface area (Å²) >= 11 is 0. The van der Waals surface area contributed by atoms with Crippen molar-refractivity contribution in [3.63, 3.8) is 0 Å². The number of hydrogen-bond acceptors (Lipinski definition) is 1. The van der Waals surface area contributed by atoms with E-state index in [9.17, 15) is 0 Å². The Labute approximate surface area is 142 Å². The van der Waals surface area contributed by atoms with Crippen molar-refractivity contribution in [2.45, 2.75) is 78.1 Å². The molecule has 2 N–H and O–H groups in total. The Morgan fingerprint density at radius 2 is 1.43 bits per heavy atom. The maximum Gasteiger partial charge on any atom is 0.0393 e. The van der Waals surface area contributed by atoms with Crippen molar-refractivity contribution < 1.29 is 0 Å². The first kappa shape index (κ1) is 17.8. The molecule has 0 saturated carbocycles. The van der Waals surface area contributed by atoms with E-state index in [2.05, 4.69) is 44.2 Å². The molecule has 0 heterocycles. The van der Waals surface area contributed by atoms with Crippen molar-refractivity contribution in [1.82, 2.24) is 0 Å². The van der Waals surface area contributed by atoms with Crippen LogP contribution in [0.2, 0.25) is 0 Å². The van der Waals surface area contributed by atoms with Gasteiger partial charge in [0.2, 0.25) is 0 Å². The van der Waals surface area contributed by atoms with Gasteiger partial charge in [-0.05, 0) is 48.3 Å². The minimum absolute atomic E-state index is 0.909. The molecule has 0 radical (unpaired) electrons. The van der Waals surface area contributed by atoms with Gasteiger partial charge < -0.3 is 5.73 Å². The van der Waals surface area contributed by atoms with Crippen molar-refractivity contribution in [3.05, 3.63) is 41.5 Å². The van der Waals surface area contributed by atoms with Crippen molar-refractivity contribution in [3.8, 4) is 0 Å². The highest BCUT2D eigenvalue weighted by Gasteiger charge is 2.05. The molecule has 1 heteroatoms. The first-order chi connectivity index (χ1) is 11.3. The molecular formula is C22H33N. The standard InChI is InChI=1S/C22H33N/c1-3-5-7-8-9-10-11-18-13-15-20-21(17-18)19(12-6-4-2)14-16-22(20)23/h13-17H,3-12,23H2,1-2H3. The highest BCUT2D eigenvalue weighted by molar-refractivity contribution is 5.95. The Bertz CT molecular complexity index is 600. The minimum Gasteiger partial charge on any atom is -0.398 e. The molecule has 0 aromatic heterocycles. The largest absolute Gasteiger partial charge is 0.398 e. The van der Waals surface area contributed by atoms with Crippen LogP contribution in [-0.4, -0.2) is 0 Å². The van der Waals surface area contributed by atoms with Crippen LogP contribution in [-0.2, 0) is 12.8 Å². The minimum atomic E-state index is 0.909.